The van der Waals surface area contributed by atoms with Gasteiger partial charge in [-0.2, -0.15) is 0 Å². The van der Waals surface area contributed by atoms with Crippen LogP contribution in [0.2, 0.25) is 0 Å². The van der Waals surface area contributed by atoms with E-state index < -0.39 is 0 Å². The monoisotopic (exact) mass is 473 g/mol. The number of para-hydroxylation sites is 1. The predicted molar refractivity (Wildman–Crippen MR) is 137 cm³/mol. The van der Waals surface area contributed by atoms with Crippen molar-refractivity contribution in [3.05, 3.63) is 69.7 Å². The molecule has 0 bridgehead atoms. The molecule has 174 valence electrons. The number of aryl methyl sites for hydroxylation is 1. The van der Waals surface area contributed by atoms with E-state index in [9.17, 15) is 4.79 Å². The van der Waals surface area contributed by atoms with Crippen molar-refractivity contribution >= 4 is 33.0 Å². The summed E-state index contributed by atoms with van der Waals surface area (Å²) in [7, 11) is 5.37. The fourth-order valence-electron chi connectivity index (χ4n) is 4.65. The molecule has 5 rings (SSSR count). The average molecular weight is 474 g/mol. The van der Waals surface area contributed by atoms with Gasteiger partial charge in [-0.1, -0.05) is 42.0 Å². The van der Waals surface area contributed by atoms with Gasteiger partial charge in [0.25, 0.3) is 0 Å². The SMILES string of the molecule is COc1cccc(-c2c3c(nc4sc(C(=O)c5ccc(C)cc5)c(N)c24)CCN(C)C3)c1OC. The molecule has 1 aliphatic heterocycles. The van der Waals surface area contributed by atoms with Crippen LogP contribution in [0.4, 0.5) is 5.69 Å². The van der Waals surface area contributed by atoms with Crippen molar-refractivity contribution < 1.29 is 14.3 Å². The van der Waals surface area contributed by atoms with E-state index in [0.717, 1.165) is 57.7 Å². The number of anilines is 1. The van der Waals surface area contributed by atoms with Crippen molar-refractivity contribution in [3.63, 3.8) is 0 Å². The van der Waals surface area contributed by atoms with Crippen molar-refractivity contribution in [2.75, 3.05) is 33.5 Å². The molecule has 2 aromatic heterocycles. The van der Waals surface area contributed by atoms with E-state index >= 15 is 0 Å². The van der Waals surface area contributed by atoms with Gasteiger partial charge < -0.3 is 20.1 Å². The highest BCUT2D eigenvalue weighted by Crippen LogP contribution is 2.48. The molecule has 34 heavy (non-hydrogen) atoms. The van der Waals surface area contributed by atoms with Crippen molar-refractivity contribution in [1.82, 2.24) is 9.88 Å². The molecular formula is C27H27N3O3S. The first-order valence-electron chi connectivity index (χ1n) is 11.2. The van der Waals surface area contributed by atoms with Crippen molar-refractivity contribution in [2.24, 2.45) is 0 Å². The van der Waals surface area contributed by atoms with Crippen molar-refractivity contribution in [3.8, 4) is 22.6 Å². The van der Waals surface area contributed by atoms with Crippen LogP contribution in [0.25, 0.3) is 21.3 Å². The van der Waals surface area contributed by atoms with Crippen LogP contribution >= 0.6 is 11.3 Å². The van der Waals surface area contributed by atoms with Gasteiger partial charge >= 0.3 is 0 Å². The molecule has 0 unspecified atom stereocenters. The summed E-state index contributed by atoms with van der Waals surface area (Å²) in [5, 5.41) is 0.807. The fourth-order valence-corrected chi connectivity index (χ4v) is 5.73. The first-order chi connectivity index (χ1) is 16.4. The molecule has 1 aliphatic rings. The van der Waals surface area contributed by atoms with E-state index in [2.05, 4.69) is 11.9 Å². The molecule has 0 atom stereocenters. The van der Waals surface area contributed by atoms with E-state index in [1.54, 1.807) is 14.2 Å². The normalized spacial score (nSPS) is 13.6. The Labute approximate surface area is 202 Å². The third-order valence-corrected chi connectivity index (χ3v) is 7.51. The van der Waals surface area contributed by atoms with Gasteiger partial charge in [0.15, 0.2) is 11.5 Å². The molecule has 6 nitrogen and oxygen atoms in total. The summed E-state index contributed by atoms with van der Waals surface area (Å²) in [6.07, 6.45) is 0.833. The first-order valence-corrected chi connectivity index (χ1v) is 12.0. The molecule has 0 amide bonds. The van der Waals surface area contributed by atoms with Crippen LogP contribution in [0.5, 0.6) is 11.5 Å². The number of nitrogens with zero attached hydrogens (tertiary/aromatic N) is 2. The molecule has 7 heteroatoms. The fraction of sp³-hybridized carbons (Fsp3) is 0.259. The van der Waals surface area contributed by atoms with Gasteiger partial charge in [-0.25, -0.2) is 4.98 Å². The number of carbonyl (C=O) groups excluding carboxylic acids is 1. The van der Waals surface area contributed by atoms with Crippen molar-refractivity contribution in [2.45, 2.75) is 19.9 Å². The van der Waals surface area contributed by atoms with Crippen LogP contribution in [0.3, 0.4) is 0 Å². The number of nitrogens with two attached hydrogens (primary N) is 1. The van der Waals surface area contributed by atoms with E-state index in [1.165, 1.54) is 11.3 Å². The lowest BCUT2D eigenvalue weighted by Gasteiger charge is -2.27. The number of thiophene rings is 1. The molecule has 0 radical (unpaired) electrons. The first kappa shape index (κ1) is 22.4. The lowest BCUT2D eigenvalue weighted by atomic mass is 9.91. The number of rotatable bonds is 5. The number of pyridine rings is 1. The Morgan fingerprint density at radius 2 is 1.88 bits per heavy atom. The molecule has 4 aromatic rings. The zero-order valence-corrected chi connectivity index (χ0v) is 20.6. The average Bonchev–Trinajstić information content (AvgIpc) is 3.18. The maximum atomic E-state index is 13.4. The van der Waals surface area contributed by atoms with Gasteiger partial charge in [-0.05, 0) is 25.6 Å². The second kappa shape index (κ2) is 8.74. The van der Waals surface area contributed by atoms with Crippen LogP contribution in [0.1, 0.15) is 32.1 Å². The van der Waals surface area contributed by atoms with Gasteiger partial charge in [0.2, 0.25) is 5.78 Å². The van der Waals surface area contributed by atoms with Crippen molar-refractivity contribution in [1.29, 1.82) is 0 Å². The number of fused-ring (bicyclic) bond motifs is 2. The topological polar surface area (TPSA) is 77.7 Å². The maximum Gasteiger partial charge on any atom is 0.205 e. The smallest absolute Gasteiger partial charge is 0.205 e. The Balaban J connectivity index is 1.81. The van der Waals surface area contributed by atoms with Crippen LogP contribution in [-0.2, 0) is 13.0 Å². The molecule has 2 N–H and O–H groups in total. The predicted octanol–water partition coefficient (Wildman–Crippen LogP) is 5.09. The number of methoxy groups -OCH3 is 2. The van der Waals surface area contributed by atoms with Gasteiger partial charge in [0.1, 0.15) is 9.71 Å². The highest BCUT2D eigenvalue weighted by atomic mass is 32.1. The van der Waals surface area contributed by atoms with Crippen LogP contribution < -0.4 is 15.2 Å². The third-order valence-electron chi connectivity index (χ3n) is 6.41. The van der Waals surface area contributed by atoms with Gasteiger partial charge in [0, 0.05) is 47.3 Å². The number of nitrogen functional groups attached to an aromatic ring is 1. The Morgan fingerprint density at radius 1 is 1.12 bits per heavy atom. The Hall–Kier alpha value is -3.42. The Bertz CT molecular complexity index is 1410. The molecule has 0 saturated heterocycles. The van der Waals surface area contributed by atoms with Gasteiger partial charge in [-0.3, -0.25) is 4.79 Å². The Morgan fingerprint density at radius 3 is 2.59 bits per heavy atom. The summed E-state index contributed by atoms with van der Waals surface area (Å²) < 4.78 is 11.4. The quantitative estimate of drug-likeness (QED) is 0.407. The van der Waals surface area contributed by atoms with E-state index in [1.807, 2.05) is 49.4 Å². The standard InChI is InChI=1S/C27H27N3O3S/c1-15-8-10-16(11-9-15)24(31)26-23(28)22-21(17-6-5-7-20(32-3)25(17)33-4)18-14-30(2)13-12-19(18)29-27(22)34-26/h5-11H,12-14,28H2,1-4H3. The second-order valence-corrected chi connectivity index (χ2v) is 9.66. The number of likely N-dealkylation sites (N-methyl/N-ethyl adjacent to an activating group) is 1. The minimum absolute atomic E-state index is 0.0841. The van der Waals surface area contributed by atoms with Gasteiger partial charge in [-0.15, -0.1) is 11.3 Å². The van der Waals surface area contributed by atoms with Crippen LogP contribution in [-0.4, -0.2) is 43.5 Å². The van der Waals surface area contributed by atoms with Crippen LogP contribution in [0.15, 0.2) is 42.5 Å². The highest BCUT2D eigenvalue weighted by Gasteiger charge is 2.29. The summed E-state index contributed by atoms with van der Waals surface area (Å²) in [5.74, 6) is 1.21. The molecule has 2 aromatic carbocycles. The molecule has 0 fully saturated rings. The van der Waals surface area contributed by atoms with E-state index in [4.69, 9.17) is 20.2 Å². The zero-order valence-electron chi connectivity index (χ0n) is 19.8. The molecule has 0 aliphatic carbocycles. The lowest BCUT2D eigenvalue weighted by Crippen LogP contribution is -2.28. The number of benzene rings is 2. The number of hydrogen-bond donors (Lipinski definition) is 1. The minimum atomic E-state index is -0.0841. The summed E-state index contributed by atoms with van der Waals surface area (Å²) >= 11 is 1.37. The maximum absolute atomic E-state index is 13.4. The van der Waals surface area contributed by atoms with E-state index in [-0.39, 0.29) is 5.78 Å². The van der Waals surface area contributed by atoms with Crippen LogP contribution in [0, 0.1) is 6.92 Å². The molecule has 0 saturated carbocycles. The van der Waals surface area contributed by atoms with Gasteiger partial charge in [0.05, 0.1) is 19.9 Å². The summed E-state index contributed by atoms with van der Waals surface area (Å²) in [6.45, 7) is 3.67. The number of carbonyl (C=O) groups is 1. The number of aromatic nitrogens is 1. The number of ether oxygens (including phenoxy) is 2. The van der Waals surface area contributed by atoms with E-state index in [0.29, 0.717) is 27.6 Å². The number of hydrogen-bond acceptors (Lipinski definition) is 7. The summed E-state index contributed by atoms with van der Waals surface area (Å²) in [4.78, 5) is 22.0. The second-order valence-electron chi connectivity index (χ2n) is 8.66. The largest absolute Gasteiger partial charge is 0.493 e. The Kier molecular flexibility index (Phi) is 5.75. The summed E-state index contributed by atoms with van der Waals surface area (Å²) in [6, 6.07) is 13.4. The lowest BCUT2D eigenvalue weighted by molar-refractivity contribution is 0.104. The third kappa shape index (κ3) is 3.61. The molecular weight excluding hydrogens is 446 g/mol. The highest BCUT2D eigenvalue weighted by molar-refractivity contribution is 7.21. The molecule has 0 spiro atoms. The minimum Gasteiger partial charge on any atom is -0.493 e. The molecule has 3 heterocycles. The number of ketones is 1. The zero-order chi connectivity index (χ0) is 24.0. The summed E-state index contributed by atoms with van der Waals surface area (Å²) in [5.41, 5.74) is 12.9.